The Hall–Kier alpha value is -3.21. The number of nitrogens with zero attached hydrogens (tertiary/aromatic N) is 1. The maximum atomic E-state index is 14.2. The zero-order valence-corrected chi connectivity index (χ0v) is 20.7. The van der Waals surface area contributed by atoms with Crippen molar-refractivity contribution < 1.29 is 31.5 Å². The Morgan fingerprint density at radius 3 is 2.40 bits per heavy atom. The van der Waals surface area contributed by atoms with E-state index in [4.69, 9.17) is 21.1 Å². The Labute approximate surface area is 207 Å². The van der Waals surface area contributed by atoms with Crippen molar-refractivity contribution in [2.75, 3.05) is 32.7 Å². The topological polar surface area (TPSA) is 84.9 Å². The smallest absolute Gasteiger partial charge is 0.241 e. The average molecular weight is 525 g/mol. The van der Waals surface area contributed by atoms with Gasteiger partial charge in [0.2, 0.25) is 15.9 Å². The van der Waals surface area contributed by atoms with Gasteiger partial charge >= 0.3 is 0 Å². The summed E-state index contributed by atoms with van der Waals surface area (Å²) in [7, 11) is 0.194. The fourth-order valence-electron chi connectivity index (χ4n) is 3.39. The third-order valence-corrected chi connectivity index (χ3v) is 6.90. The highest BCUT2D eigenvalue weighted by atomic mass is 35.5. The minimum absolute atomic E-state index is 0.0333. The van der Waals surface area contributed by atoms with Gasteiger partial charge in [-0.25, -0.2) is 21.9 Å². The fourth-order valence-corrected chi connectivity index (χ4v) is 4.57. The number of hydrogen-bond acceptors (Lipinski definition) is 5. The van der Waals surface area contributed by atoms with Gasteiger partial charge in [-0.15, -0.1) is 0 Å². The summed E-state index contributed by atoms with van der Waals surface area (Å²) in [6.45, 7) is -0.552. The molecule has 3 aromatic carbocycles. The summed E-state index contributed by atoms with van der Waals surface area (Å²) in [5, 5.41) is 0.343. The summed E-state index contributed by atoms with van der Waals surface area (Å²) in [5.74, 6) is -1.99. The third kappa shape index (κ3) is 6.08. The van der Waals surface area contributed by atoms with Gasteiger partial charge in [0.1, 0.15) is 0 Å². The first-order valence-corrected chi connectivity index (χ1v) is 12.1. The van der Waals surface area contributed by atoms with E-state index in [2.05, 4.69) is 4.72 Å². The standard InChI is InChI=1S/C24H23ClF2N2O5S/c1-29(20-9-7-17(25)12-16(20)11-15-5-4-6-19(26)24(15)27)23(30)14-28-35(31,32)18-8-10-21(33-2)22(13-18)34-3/h4-10,12-13,28H,11,14H2,1-3H3. The quantitative estimate of drug-likeness (QED) is 0.454. The molecule has 0 aliphatic rings. The van der Waals surface area contributed by atoms with Crippen molar-refractivity contribution in [3.63, 3.8) is 0 Å². The molecule has 0 bridgehead atoms. The largest absolute Gasteiger partial charge is 0.493 e. The van der Waals surface area contributed by atoms with Gasteiger partial charge in [0.05, 0.1) is 25.7 Å². The van der Waals surface area contributed by atoms with Gasteiger partial charge in [0.15, 0.2) is 23.1 Å². The second-order valence-electron chi connectivity index (χ2n) is 7.46. The first-order chi connectivity index (χ1) is 16.6. The van der Waals surface area contributed by atoms with Crippen LogP contribution in [0.1, 0.15) is 11.1 Å². The normalized spacial score (nSPS) is 11.3. The fraction of sp³-hybridized carbons (Fsp3) is 0.208. The predicted octanol–water partition coefficient (Wildman–Crippen LogP) is 4.17. The van der Waals surface area contributed by atoms with E-state index >= 15 is 0 Å². The van der Waals surface area contributed by atoms with Crippen LogP contribution in [0.4, 0.5) is 14.5 Å². The predicted molar refractivity (Wildman–Crippen MR) is 129 cm³/mol. The molecular weight excluding hydrogens is 502 g/mol. The van der Waals surface area contributed by atoms with E-state index in [0.29, 0.717) is 22.0 Å². The number of ether oxygens (including phenoxy) is 2. The lowest BCUT2D eigenvalue weighted by Crippen LogP contribution is -2.38. The molecule has 0 heterocycles. The molecule has 1 amide bonds. The monoisotopic (exact) mass is 524 g/mol. The van der Waals surface area contributed by atoms with E-state index in [-0.39, 0.29) is 22.6 Å². The Morgan fingerprint density at radius 2 is 1.71 bits per heavy atom. The van der Waals surface area contributed by atoms with Crippen molar-refractivity contribution in [1.82, 2.24) is 4.72 Å². The number of halogens is 3. The van der Waals surface area contributed by atoms with E-state index < -0.39 is 34.1 Å². The molecule has 35 heavy (non-hydrogen) atoms. The van der Waals surface area contributed by atoms with Gasteiger partial charge < -0.3 is 14.4 Å². The average Bonchev–Trinajstić information content (AvgIpc) is 2.84. The second-order valence-corrected chi connectivity index (χ2v) is 9.66. The maximum Gasteiger partial charge on any atom is 0.241 e. The molecule has 11 heteroatoms. The Kier molecular flexibility index (Phi) is 8.31. The number of sulfonamides is 1. The zero-order valence-electron chi connectivity index (χ0n) is 19.1. The summed E-state index contributed by atoms with van der Waals surface area (Å²) < 4.78 is 65.8. The van der Waals surface area contributed by atoms with E-state index in [9.17, 15) is 22.0 Å². The number of hydrogen-bond donors (Lipinski definition) is 1. The SMILES string of the molecule is COc1ccc(S(=O)(=O)NCC(=O)N(C)c2ccc(Cl)cc2Cc2cccc(F)c2F)cc1OC. The molecule has 0 unspecified atom stereocenters. The van der Waals surface area contributed by atoms with Gasteiger partial charge in [-0.3, -0.25) is 4.79 Å². The van der Waals surface area contributed by atoms with Crippen LogP contribution in [0.25, 0.3) is 0 Å². The van der Waals surface area contributed by atoms with E-state index in [1.807, 2.05) is 0 Å². The molecule has 0 aromatic heterocycles. The van der Waals surface area contributed by atoms with Crippen LogP contribution >= 0.6 is 11.6 Å². The first kappa shape index (κ1) is 26.4. The molecule has 3 aromatic rings. The van der Waals surface area contributed by atoms with Crippen LogP contribution in [0.2, 0.25) is 5.02 Å². The Morgan fingerprint density at radius 1 is 1.00 bits per heavy atom. The second kappa shape index (κ2) is 11.0. The lowest BCUT2D eigenvalue weighted by molar-refractivity contribution is -0.117. The number of carbonyl (C=O) groups excluding carboxylic acids is 1. The number of anilines is 1. The molecular formula is C24H23ClF2N2O5S. The van der Waals surface area contributed by atoms with E-state index in [1.54, 1.807) is 18.2 Å². The highest BCUT2D eigenvalue weighted by Gasteiger charge is 2.22. The molecule has 1 N–H and O–H groups in total. The molecule has 0 saturated heterocycles. The highest BCUT2D eigenvalue weighted by molar-refractivity contribution is 7.89. The van der Waals surface area contributed by atoms with Crippen molar-refractivity contribution in [1.29, 1.82) is 0 Å². The van der Waals surface area contributed by atoms with E-state index in [0.717, 1.165) is 6.07 Å². The summed E-state index contributed by atoms with van der Waals surface area (Å²) in [6, 6.07) is 12.5. The van der Waals surface area contributed by atoms with Crippen molar-refractivity contribution >= 4 is 33.2 Å². The van der Waals surface area contributed by atoms with Crippen LogP contribution < -0.4 is 19.1 Å². The van der Waals surface area contributed by atoms with Gasteiger partial charge in [0.25, 0.3) is 0 Å². The first-order valence-electron chi connectivity index (χ1n) is 10.3. The molecule has 0 spiro atoms. The molecule has 0 atom stereocenters. The van der Waals surface area contributed by atoms with Gasteiger partial charge in [0, 0.05) is 30.2 Å². The Bertz CT molecular complexity index is 1350. The number of likely N-dealkylation sites (N-methyl/N-ethyl adjacent to an activating group) is 1. The van der Waals surface area contributed by atoms with Crippen LogP contribution in [0, 0.1) is 11.6 Å². The maximum absolute atomic E-state index is 14.2. The molecule has 0 saturated carbocycles. The number of carbonyl (C=O) groups is 1. The molecule has 0 aliphatic carbocycles. The van der Waals surface area contributed by atoms with Gasteiger partial charge in [-0.1, -0.05) is 23.7 Å². The number of rotatable bonds is 9. The van der Waals surface area contributed by atoms with Gasteiger partial charge in [-0.2, -0.15) is 0 Å². The zero-order chi connectivity index (χ0) is 25.8. The Balaban J connectivity index is 1.79. The number of benzene rings is 3. The van der Waals surface area contributed by atoms with Crippen LogP contribution in [-0.4, -0.2) is 42.1 Å². The number of amides is 1. The highest BCUT2D eigenvalue weighted by Crippen LogP contribution is 2.30. The molecule has 7 nitrogen and oxygen atoms in total. The summed E-state index contributed by atoms with van der Waals surface area (Å²) >= 11 is 6.09. The van der Waals surface area contributed by atoms with Crippen molar-refractivity contribution in [3.05, 3.63) is 82.4 Å². The minimum atomic E-state index is -4.05. The summed E-state index contributed by atoms with van der Waals surface area (Å²) in [5.41, 5.74) is 0.914. The van der Waals surface area contributed by atoms with Crippen molar-refractivity contribution in [3.8, 4) is 11.5 Å². The van der Waals surface area contributed by atoms with Crippen LogP contribution in [0.5, 0.6) is 11.5 Å². The van der Waals surface area contributed by atoms with Crippen LogP contribution in [0.15, 0.2) is 59.5 Å². The van der Waals surface area contributed by atoms with Crippen molar-refractivity contribution in [2.45, 2.75) is 11.3 Å². The molecule has 0 aliphatic heterocycles. The van der Waals surface area contributed by atoms with Crippen LogP contribution in [0.3, 0.4) is 0 Å². The number of methoxy groups -OCH3 is 2. The lowest BCUT2D eigenvalue weighted by Gasteiger charge is -2.22. The summed E-state index contributed by atoms with van der Waals surface area (Å²) in [6.07, 6.45) is -0.0333. The molecule has 3 rings (SSSR count). The van der Waals surface area contributed by atoms with Crippen LogP contribution in [-0.2, 0) is 21.2 Å². The molecule has 0 radical (unpaired) electrons. The van der Waals surface area contributed by atoms with Gasteiger partial charge in [-0.05, 0) is 47.5 Å². The van der Waals surface area contributed by atoms with Crippen molar-refractivity contribution in [2.24, 2.45) is 0 Å². The third-order valence-electron chi connectivity index (χ3n) is 5.27. The summed E-state index contributed by atoms with van der Waals surface area (Å²) in [4.78, 5) is 14.0. The molecule has 186 valence electrons. The number of nitrogens with one attached hydrogen (secondary N) is 1. The molecule has 0 fully saturated rings. The minimum Gasteiger partial charge on any atom is -0.493 e. The lowest BCUT2D eigenvalue weighted by atomic mass is 10.0. The van der Waals surface area contributed by atoms with E-state index in [1.165, 1.54) is 56.5 Å².